The lowest BCUT2D eigenvalue weighted by molar-refractivity contribution is 0.109. The first-order valence-corrected chi connectivity index (χ1v) is 6.70. The third kappa shape index (κ3) is 3.95. The number of hydrogen-bond donors (Lipinski definition) is 2. The van der Waals surface area contributed by atoms with Crippen molar-refractivity contribution in [2.45, 2.75) is 31.0 Å². The van der Waals surface area contributed by atoms with Crippen LogP contribution in [0.15, 0.2) is 21.6 Å². The Labute approximate surface area is 99.7 Å². The van der Waals surface area contributed by atoms with Gasteiger partial charge in [0.2, 0.25) is 5.09 Å². The number of aliphatic hydroxyl groups is 1. The van der Waals surface area contributed by atoms with E-state index in [0.717, 1.165) is 0 Å². The van der Waals surface area contributed by atoms with Crippen LogP contribution in [0.3, 0.4) is 0 Å². The van der Waals surface area contributed by atoms with Crippen LogP contribution in [0.4, 0.5) is 0 Å². The van der Waals surface area contributed by atoms with E-state index in [9.17, 15) is 18.3 Å². The summed E-state index contributed by atoms with van der Waals surface area (Å²) in [6.45, 7) is 1.93. The molecule has 0 saturated carbocycles. The molecule has 0 aliphatic carbocycles. The van der Waals surface area contributed by atoms with E-state index in [-0.39, 0.29) is 17.4 Å². The zero-order valence-corrected chi connectivity index (χ0v) is 10.2. The lowest BCUT2D eigenvalue weighted by Gasteiger charge is -2.07. The molecule has 0 aromatic carbocycles. The number of carbonyl (C=O) groups excluding carboxylic acids is 1. The molecule has 96 valence electrons. The summed E-state index contributed by atoms with van der Waals surface area (Å²) in [5.74, 6) is -0.0426. The van der Waals surface area contributed by atoms with Gasteiger partial charge in [0.1, 0.15) is 0 Å². The maximum atomic E-state index is 11.6. The summed E-state index contributed by atoms with van der Waals surface area (Å²) in [7, 11) is -3.74. The highest BCUT2D eigenvalue weighted by Crippen LogP contribution is 2.12. The minimum atomic E-state index is -3.74. The Morgan fingerprint density at radius 3 is 2.76 bits per heavy atom. The molecule has 1 aromatic heterocycles. The summed E-state index contributed by atoms with van der Waals surface area (Å²) in [5.41, 5.74) is 0. The molecule has 17 heavy (non-hydrogen) atoms. The van der Waals surface area contributed by atoms with Crippen LogP contribution >= 0.6 is 0 Å². The van der Waals surface area contributed by atoms with Crippen molar-refractivity contribution in [1.29, 1.82) is 0 Å². The van der Waals surface area contributed by atoms with Crippen LogP contribution in [0.25, 0.3) is 0 Å². The number of hydrogen-bond acceptors (Lipinski definition) is 5. The van der Waals surface area contributed by atoms with Gasteiger partial charge in [-0.05, 0) is 25.0 Å². The first kappa shape index (κ1) is 13.9. The molecule has 0 saturated heterocycles. The average molecular weight is 261 g/mol. The van der Waals surface area contributed by atoms with Crippen molar-refractivity contribution in [2.24, 2.45) is 0 Å². The summed E-state index contributed by atoms with van der Waals surface area (Å²) < 4.78 is 30.3. The highest BCUT2D eigenvalue weighted by molar-refractivity contribution is 7.89. The van der Waals surface area contributed by atoms with Gasteiger partial charge in [-0.1, -0.05) is 6.92 Å². The molecule has 0 radical (unpaired) electrons. The molecule has 1 unspecified atom stereocenters. The largest absolute Gasteiger partial charge is 0.440 e. The zero-order chi connectivity index (χ0) is 12.9. The fourth-order valence-corrected chi connectivity index (χ4v) is 2.16. The summed E-state index contributed by atoms with van der Waals surface area (Å²) in [6.07, 6.45) is 0.800. The molecule has 1 rings (SSSR count). The van der Waals surface area contributed by atoms with Gasteiger partial charge in [-0.2, -0.15) is 0 Å². The van der Waals surface area contributed by atoms with E-state index >= 15 is 0 Å². The van der Waals surface area contributed by atoms with E-state index in [1.807, 2.05) is 6.92 Å². The molecule has 2 N–H and O–H groups in total. The van der Waals surface area contributed by atoms with Crippen LogP contribution < -0.4 is 4.72 Å². The fourth-order valence-electron chi connectivity index (χ4n) is 1.18. The number of aldehydes is 1. The lowest BCUT2D eigenvalue weighted by Crippen LogP contribution is -2.26. The number of aliphatic hydroxyl groups excluding tert-OH is 1. The Hall–Kier alpha value is -1.18. The summed E-state index contributed by atoms with van der Waals surface area (Å²) in [4.78, 5) is 10.3. The molecule has 1 heterocycles. The SMILES string of the molecule is CCC(O)CCNS(=O)(=O)c1ccc(C=O)o1. The molecule has 6 nitrogen and oxygen atoms in total. The Bertz CT molecular complexity index is 465. The molecular weight excluding hydrogens is 246 g/mol. The van der Waals surface area contributed by atoms with Crippen molar-refractivity contribution in [2.75, 3.05) is 6.54 Å². The Balaban J connectivity index is 2.59. The van der Waals surface area contributed by atoms with Gasteiger partial charge in [-0.15, -0.1) is 0 Å². The van der Waals surface area contributed by atoms with Crippen LogP contribution in [0.2, 0.25) is 0 Å². The first-order chi connectivity index (χ1) is 7.99. The van der Waals surface area contributed by atoms with Gasteiger partial charge in [-0.25, -0.2) is 13.1 Å². The maximum absolute atomic E-state index is 11.6. The highest BCUT2D eigenvalue weighted by atomic mass is 32.2. The number of rotatable bonds is 7. The molecule has 0 fully saturated rings. The second-order valence-electron chi connectivity index (χ2n) is 3.52. The molecule has 0 aliphatic rings. The second-order valence-corrected chi connectivity index (χ2v) is 5.22. The maximum Gasteiger partial charge on any atom is 0.273 e. The summed E-state index contributed by atoms with van der Waals surface area (Å²) >= 11 is 0. The van der Waals surface area contributed by atoms with Crippen molar-refractivity contribution in [1.82, 2.24) is 4.72 Å². The topological polar surface area (TPSA) is 96.6 Å². The van der Waals surface area contributed by atoms with E-state index in [1.54, 1.807) is 0 Å². The fraction of sp³-hybridized carbons (Fsp3) is 0.500. The third-order valence-corrected chi connectivity index (χ3v) is 3.56. The molecule has 0 spiro atoms. The molecule has 0 bridgehead atoms. The van der Waals surface area contributed by atoms with Crippen LogP contribution in [0.1, 0.15) is 30.3 Å². The van der Waals surface area contributed by atoms with Gasteiger partial charge in [0, 0.05) is 6.54 Å². The molecule has 0 amide bonds. The summed E-state index contributed by atoms with van der Waals surface area (Å²) in [5, 5.41) is 8.96. The van der Waals surface area contributed by atoms with E-state index in [1.165, 1.54) is 12.1 Å². The Morgan fingerprint density at radius 2 is 2.24 bits per heavy atom. The van der Waals surface area contributed by atoms with Crippen molar-refractivity contribution < 1.29 is 22.7 Å². The van der Waals surface area contributed by atoms with Gasteiger partial charge < -0.3 is 9.52 Å². The van der Waals surface area contributed by atoms with Gasteiger partial charge in [0.05, 0.1) is 6.10 Å². The Kier molecular flexibility index (Phi) is 4.86. The van der Waals surface area contributed by atoms with Gasteiger partial charge in [0.15, 0.2) is 12.0 Å². The number of carbonyl (C=O) groups is 1. The van der Waals surface area contributed by atoms with Gasteiger partial charge >= 0.3 is 0 Å². The number of nitrogens with one attached hydrogen (secondary N) is 1. The van der Waals surface area contributed by atoms with Gasteiger partial charge in [-0.3, -0.25) is 4.79 Å². The quantitative estimate of drug-likeness (QED) is 0.698. The summed E-state index contributed by atoms with van der Waals surface area (Å²) in [6, 6.07) is 2.49. The first-order valence-electron chi connectivity index (χ1n) is 5.22. The number of sulfonamides is 1. The van der Waals surface area contributed by atoms with Crippen molar-refractivity contribution in [3.05, 3.63) is 17.9 Å². The molecular formula is C10H15NO5S. The molecule has 1 aromatic rings. The lowest BCUT2D eigenvalue weighted by atomic mass is 10.2. The number of furan rings is 1. The van der Waals surface area contributed by atoms with E-state index in [0.29, 0.717) is 19.1 Å². The second kappa shape index (κ2) is 5.95. The van der Waals surface area contributed by atoms with Gasteiger partial charge in [0.25, 0.3) is 10.0 Å². The van der Waals surface area contributed by atoms with Crippen LogP contribution in [0, 0.1) is 0 Å². The molecule has 7 heteroatoms. The normalized spacial score (nSPS) is 13.5. The van der Waals surface area contributed by atoms with E-state index < -0.39 is 16.1 Å². The van der Waals surface area contributed by atoms with Crippen molar-refractivity contribution in [3.63, 3.8) is 0 Å². The predicted molar refractivity (Wildman–Crippen MR) is 60.2 cm³/mol. The monoisotopic (exact) mass is 261 g/mol. The average Bonchev–Trinajstić information content (AvgIpc) is 2.77. The van der Waals surface area contributed by atoms with Crippen LogP contribution in [-0.2, 0) is 10.0 Å². The molecule has 1 atom stereocenters. The van der Waals surface area contributed by atoms with E-state index in [2.05, 4.69) is 4.72 Å². The predicted octanol–water partition coefficient (Wildman–Crippen LogP) is 0.531. The van der Waals surface area contributed by atoms with Crippen molar-refractivity contribution in [3.8, 4) is 0 Å². The zero-order valence-electron chi connectivity index (χ0n) is 9.42. The van der Waals surface area contributed by atoms with Crippen molar-refractivity contribution >= 4 is 16.3 Å². The molecule has 0 aliphatic heterocycles. The highest BCUT2D eigenvalue weighted by Gasteiger charge is 2.18. The smallest absolute Gasteiger partial charge is 0.273 e. The standard InChI is InChI=1S/C10H15NO5S/c1-2-8(13)5-6-11-17(14,15)10-4-3-9(7-12)16-10/h3-4,7-8,11,13H,2,5-6H2,1H3. The third-order valence-electron chi connectivity index (χ3n) is 2.22. The van der Waals surface area contributed by atoms with Crippen LogP contribution in [0.5, 0.6) is 0 Å². The minimum Gasteiger partial charge on any atom is -0.440 e. The minimum absolute atomic E-state index is 0.0426. The van der Waals surface area contributed by atoms with E-state index in [4.69, 9.17) is 4.42 Å². The Morgan fingerprint density at radius 1 is 1.53 bits per heavy atom. The van der Waals surface area contributed by atoms with Crippen LogP contribution in [-0.4, -0.2) is 32.5 Å².